The second-order valence-corrected chi connectivity index (χ2v) is 5.86. The molecule has 5 heteroatoms. The van der Waals surface area contributed by atoms with Gasteiger partial charge in [-0.25, -0.2) is 4.39 Å². The summed E-state index contributed by atoms with van der Waals surface area (Å²) in [7, 11) is 0. The summed E-state index contributed by atoms with van der Waals surface area (Å²) in [5.41, 5.74) is 1.56. The first-order valence-electron chi connectivity index (χ1n) is 8.07. The van der Waals surface area contributed by atoms with Crippen molar-refractivity contribution >= 4 is 24.4 Å². The van der Waals surface area contributed by atoms with Gasteiger partial charge in [0, 0.05) is 18.2 Å². The van der Waals surface area contributed by atoms with Crippen molar-refractivity contribution in [3.05, 3.63) is 41.2 Å². The molecule has 3 nitrogen and oxygen atoms in total. The number of benzene rings is 1. The standard InChI is InChI=1S/C18H25FN2O.ClH/c1-3-12-21(17-8-10-20-11-9-17)18(22)14(2)13-15-4-6-16(19)7-5-15;/h4-7,13,17,20H,3,8-12H2,1-2H3;1H. The van der Waals surface area contributed by atoms with E-state index in [9.17, 15) is 9.18 Å². The molecule has 0 spiro atoms. The first-order valence-corrected chi connectivity index (χ1v) is 8.07. The minimum Gasteiger partial charge on any atom is -0.336 e. The first-order chi connectivity index (χ1) is 10.6. The summed E-state index contributed by atoms with van der Waals surface area (Å²) >= 11 is 0. The molecule has 1 saturated heterocycles. The summed E-state index contributed by atoms with van der Waals surface area (Å²) in [6.45, 7) is 6.67. The van der Waals surface area contributed by atoms with Crippen LogP contribution in [0.3, 0.4) is 0 Å². The maximum Gasteiger partial charge on any atom is 0.249 e. The van der Waals surface area contributed by atoms with Crippen molar-refractivity contribution in [1.29, 1.82) is 0 Å². The summed E-state index contributed by atoms with van der Waals surface area (Å²) in [5, 5.41) is 3.34. The van der Waals surface area contributed by atoms with Crippen molar-refractivity contribution < 1.29 is 9.18 Å². The van der Waals surface area contributed by atoms with Crippen molar-refractivity contribution in [2.75, 3.05) is 19.6 Å². The minimum absolute atomic E-state index is 0. The molecule has 1 aromatic rings. The fraction of sp³-hybridized carbons (Fsp3) is 0.500. The smallest absolute Gasteiger partial charge is 0.249 e. The molecular weight excluding hydrogens is 315 g/mol. The van der Waals surface area contributed by atoms with E-state index >= 15 is 0 Å². The molecule has 0 unspecified atom stereocenters. The van der Waals surface area contributed by atoms with Gasteiger partial charge in [-0.15, -0.1) is 12.4 Å². The molecule has 0 aliphatic carbocycles. The van der Waals surface area contributed by atoms with Gasteiger partial charge in [0.05, 0.1) is 0 Å². The Labute approximate surface area is 144 Å². The van der Waals surface area contributed by atoms with Gasteiger partial charge in [-0.05, 0) is 63.0 Å². The number of piperidine rings is 1. The fourth-order valence-electron chi connectivity index (χ4n) is 2.91. The topological polar surface area (TPSA) is 32.3 Å². The van der Waals surface area contributed by atoms with Gasteiger partial charge in [-0.2, -0.15) is 0 Å². The Morgan fingerprint density at radius 3 is 2.48 bits per heavy atom. The molecule has 1 fully saturated rings. The van der Waals surface area contributed by atoms with Gasteiger partial charge >= 0.3 is 0 Å². The fourth-order valence-corrected chi connectivity index (χ4v) is 2.91. The van der Waals surface area contributed by atoms with Gasteiger partial charge in [-0.1, -0.05) is 19.1 Å². The lowest BCUT2D eigenvalue weighted by Crippen LogP contribution is -2.46. The highest BCUT2D eigenvalue weighted by Crippen LogP contribution is 2.17. The molecule has 1 amide bonds. The lowest BCUT2D eigenvalue weighted by Gasteiger charge is -2.35. The number of nitrogens with zero attached hydrogens (tertiary/aromatic N) is 1. The molecule has 2 rings (SSSR count). The summed E-state index contributed by atoms with van der Waals surface area (Å²) in [5.74, 6) is -0.165. The molecule has 0 saturated carbocycles. The van der Waals surface area contributed by atoms with Crippen LogP contribution in [0.15, 0.2) is 29.8 Å². The predicted molar refractivity (Wildman–Crippen MR) is 95.2 cm³/mol. The SMILES string of the molecule is CCCN(C(=O)C(C)=Cc1ccc(F)cc1)C1CCNCC1.Cl. The molecule has 0 radical (unpaired) electrons. The molecular formula is C18H26ClFN2O. The summed E-state index contributed by atoms with van der Waals surface area (Å²) in [6, 6.07) is 6.55. The molecule has 0 aromatic heterocycles. The summed E-state index contributed by atoms with van der Waals surface area (Å²) in [4.78, 5) is 14.8. The van der Waals surface area contributed by atoms with Crippen molar-refractivity contribution in [2.24, 2.45) is 0 Å². The van der Waals surface area contributed by atoms with Crippen LogP contribution in [-0.2, 0) is 4.79 Å². The molecule has 1 heterocycles. The van der Waals surface area contributed by atoms with E-state index in [2.05, 4.69) is 12.2 Å². The van der Waals surface area contributed by atoms with Gasteiger partial charge in [-0.3, -0.25) is 4.79 Å². The normalized spacial score (nSPS) is 15.9. The Balaban J connectivity index is 0.00000264. The van der Waals surface area contributed by atoms with Crippen LogP contribution in [0.5, 0.6) is 0 Å². The van der Waals surface area contributed by atoms with Gasteiger partial charge in [0.1, 0.15) is 5.82 Å². The Bertz CT molecular complexity index is 524. The van der Waals surface area contributed by atoms with E-state index in [1.54, 1.807) is 12.1 Å². The van der Waals surface area contributed by atoms with E-state index < -0.39 is 0 Å². The zero-order valence-corrected chi connectivity index (χ0v) is 14.7. The van der Waals surface area contributed by atoms with Crippen molar-refractivity contribution in [2.45, 2.75) is 39.2 Å². The molecule has 0 bridgehead atoms. The highest BCUT2D eigenvalue weighted by Gasteiger charge is 2.25. The van der Waals surface area contributed by atoms with Crippen LogP contribution in [-0.4, -0.2) is 36.5 Å². The Kier molecular flexibility index (Phi) is 8.28. The van der Waals surface area contributed by atoms with E-state index in [4.69, 9.17) is 0 Å². The number of amides is 1. The Morgan fingerprint density at radius 1 is 1.30 bits per heavy atom. The van der Waals surface area contributed by atoms with E-state index in [-0.39, 0.29) is 24.1 Å². The predicted octanol–water partition coefficient (Wildman–Crippen LogP) is 3.64. The number of carbonyl (C=O) groups is 1. The molecule has 1 aromatic carbocycles. The molecule has 1 aliphatic rings. The first kappa shape index (κ1) is 19.7. The maximum absolute atomic E-state index is 13.0. The molecule has 128 valence electrons. The number of hydrogen-bond donors (Lipinski definition) is 1. The van der Waals surface area contributed by atoms with Gasteiger partial charge in [0.15, 0.2) is 0 Å². The summed E-state index contributed by atoms with van der Waals surface area (Å²) < 4.78 is 13.0. The molecule has 1 N–H and O–H groups in total. The van der Waals surface area contributed by atoms with Gasteiger partial charge < -0.3 is 10.2 Å². The Hall–Kier alpha value is -1.39. The monoisotopic (exact) mass is 340 g/mol. The van der Waals surface area contributed by atoms with Gasteiger partial charge in [0.25, 0.3) is 0 Å². The highest BCUT2D eigenvalue weighted by atomic mass is 35.5. The van der Waals surface area contributed by atoms with E-state index in [1.165, 1.54) is 12.1 Å². The number of carbonyl (C=O) groups excluding carboxylic acids is 1. The summed E-state index contributed by atoms with van der Waals surface area (Å²) in [6.07, 6.45) is 4.82. The maximum atomic E-state index is 13.0. The van der Waals surface area contributed by atoms with Crippen LogP contribution in [0.1, 0.15) is 38.7 Å². The average Bonchev–Trinajstić information content (AvgIpc) is 2.55. The number of halogens is 2. The minimum atomic E-state index is -0.261. The van der Waals surface area contributed by atoms with Crippen molar-refractivity contribution in [3.63, 3.8) is 0 Å². The number of rotatable bonds is 5. The van der Waals surface area contributed by atoms with Crippen LogP contribution in [0.2, 0.25) is 0 Å². The van der Waals surface area contributed by atoms with Crippen LogP contribution in [0.4, 0.5) is 4.39 Å². The van der Waals surface area contributed by atoms with Crippen molar-refractivity contribution in [1.82, 2.24) is 10.2 Å². The third-order valence-electron chi connectivity index (χ3n) is 4.07. The average molecular weight is 341 g/mol. The highest BCUT2D eigenvalue weighted by molar-refractivity contribution is 5.97. The van der Waals surface area contributed by atoms with E-state index in [1.807, 2.05) is 17.9 Å². The number of nitrogens with one attached hydrogen (secondary N) is 1. The quantitative estimate of drug-likeness (QED) is 0.830. The van der Waals surface area contributed by atoms with Gasteiger partial charge in [0.2, 0.25) is 5.91 Å². The lowest BCUT2D eigenvalue weighted by molar-refractivity contribution is -0.129. The largest absolute Gasteiger partial charge is 0.336 e. The lowest BCUT2D eigenvalue weighted by atomic mass is 10.0. The molecule has 0 atom stereocenters. The molecule has 23 heavy (non-hydrogen) atoms. The van der Waals surface area contributed by atoms with Crippen LogP contribution in [0, 0.1) is 5.82 Å². The zero-order chi connectivity index (χ0) is 15.9. The van der Waals surface area contributed by atoms with Crippen LogP contribution < -0.4 is 5.32 Å². The second-order valence-electron chi connectivity index (χ2n) is 5.86. The van der Waals surface area contributed by atoms with Crippen LogP contribution in [0.25, 0.3) is 6.08 Å². The Morgan fingerprint density at radius 2 is 1.91 bits per heavy atom. The second kappa shape index (κ2) is 9.68. The molecule has 1 aliphatic heterocycles. The third kappa shape index (κ3) is 5.63. The van der Waals surface area contributed by atoms with Crippen LogP contribution >= 0.6 is 12.4 Å². The third-order valence-corrected chi connectivity index (χ3v) is 4.07. The van der Waals surface area contributed by atoms with Crippen molar-refractivity contribution in [3.8, 4) is 0 Å². The van der Waals surface area contributed by atoms with E-state index in [0.29, 0.717) is 11.6 Å². The van der Waals surface area contributed by atoms with E-state index in [0.717, 1.165) is 44.5 Å². The number of hydrogen-bond acceptors (Lipinski definition) is 2. The zero-order valence-electron chi connectivity index (χ0n) is 13.8.